The number of carboxylic acid groups (broad SMARTS) is 1. The zero-order chi connectivity index (χ0) is 14.5. The summed E-state index contributed by atoms with van der Waals surface area (Å²) in [6.45, 7) is 0.652. The highest BCUT2D eigenvalue weighted by molar-refractivity contribution is 5.79. The number of carbonyl (C=O) groups is 1. The van der Waals surface area contributed by atoms with E-state index in [2.05, 4.69) is 6.07 Å². The van der Waals surface area contributed by atoms with Gasteiger partial charge in [0.05, 0.1) is 18.4 Å². The Morgan fingerprint density at radius 3 is 2.90 bits per heavy atom. The number of hydrogen-bond donors (Lipinski definition) is 1. The van der Waals surface area contributed by atoms with Gasteiger partial charge < -0.3 is 14.7 Å². The van der Waals surface area contributed by atoms with E-state index < -0.39 is 12.0 Å². The number of carboxylic acids is 1. The Labute approximate surface area is 118 Å². The van der Waals surface area contributed by atoms with Crippen LogP contribution < -0.4 is 9.64 Å². The van der Waals surface area contributed by atoms with E-state index in [1.165, 1.54) is 0 Å². The maximum atomic E-state index is 11.5. The SMILES string of the molecule is COc1ccc(C#N)c(N2CCCCCC2C(=O)O)c1. The van der Waals surface area contributed by atoms with E-state index in [0.29, 0.717) is 30.0 Å². The van der Waals surface area contributed by atoms with Crippen LogP contribution in [0.4, 0.5) is 5.69 Å². The van der Waals surface area contributed by atoms with Gasteiger partial charge in [0, 0.05) is 12.6 Å². The molecular weight excluding hydrogens is 256 g/mol. The predicted octanol–water partition coefficient (Wildman–Crippen LogP) is 2.40. The monoisotopic (exact) mass is 274 g/mol. The van der Waals surface area contributed by atoms with Crippen LogP contribution in [0.25, 0.3) is 0 Å². The Kier molecular flexibility index (Phi) is 4.46. The summed E-state index contributed by atoms with van der Waals surface area (Å²) in [6.07, 6.45) is 3.47. The van der Waals surface area contributed by atoms with Crippen LogP contribution in [0.5, 0.6) is 5.75 Å². The standard InChI is InChI=1S/C15H18N2O3/c1-20-12-7-6-11(10-16)14(9-12)17-8-4-2-3-5-13(17)15(18)19/h6-7,9,13H,2-5,8H2,1H3,(H,18,19). The fraction of sp³-hybridized carbons (Fsp3) is 0.467. The van der Waals surface area contributed by atoms with E-state index in [9.17, 15) is 15.2 Å². The minimum absolute atomic E-state index is 0.485. The summed E-state index contributed by atoms with van der Waals surface area (Å²) in [5.74, 6) is -0.203. The van der Waals surface area contributed by atoms with Crippen molar-refractivity contribution >= 4 is 11.7 Å². The highest BCUT2D eigenvalue weighted by atomic mass is 16.5. The van der Waals surface area contributed by atoms with Gasteiger partial charge in [-0.1, -0.05) is 12.8 Å². The van der Waals surface area contributed by atoms with Crippen molar-refractivity contribution in [1.29, 1.82) is 5.26 Å². The second-order valence-electron chi connectivity index (χ2n) is 4.89. The summed E-state index contributed by atoms with van der Waals surface area (Å²) in [5.41, 5.74) is 1.14. The molecule has 1 aliphatic heterocycles. The van der Waals surface area contributed by atoms with Gasteiger partial charge in [0.2, 0.25) is 0 Å². The van der Waals surface area contributed by atoms with Crippen LogP contribution in [0.1, 0.15) is 31.2 Å². The number of methoxy groups -OCH3 is 1. The molecule has 5 heteroatoms. The fourth-order valence-corrected chi connectivity index (χ4v) is 2.62. The van der Waals surface area contributed by atoms with E-state index in [0.717, 1.165) is 19.3 Å². The Hall–Kier alpha value is -2.22. The third-order valence-corrected chi connectivity index (χ3v) is 3.67. The molecule has 0 radical (unpaired) electrons. The maximum Gasteiger partial charge on any atom is 0.326 e. The molecule has 0 saturated carbocycles. The molecule has 0 spiro atoms. The average Bonchev–Trinajstić information content (AvgIpc) is 2.72. The molecule has 1 fully saturated rings. The van der Waals surface area contributed by atoms with Crippen molar-refractivity contribution in [2.24, 2.45) is 0 Å². The molecule has 1 saturated heterocycles. The van der Waals surface area contributed by atoms with Crippen molar-refractivity contribution in [3.63, 3.8) is 0 Å². The minimum Gasteiger partial charge on any atom is -0.497 e. The topological polar surface area (TPSA) is 73.6 Å². The highest BCUT2D eigenvalue weighted by Gasteiger charge is 2.29. The summed E-state index contributed by atoms with van der Waals surface area (Å²) in [7, 11) is 1.56. The Bertz CT molecular complexity index is 536. The third kappa shape index (κ3) is 2.85. The number of benzene rings is 1. The van der Waals surface area contributed by atoms with Crippen LogP contribution in [0.3, 0.4) is 0 Å². The molecular formula is C15H18N2O3. The highest BCUT2D eigenvalue weighted by Crippen LogP contribution is 2.30. The Morgan fingerprint density at radius 2 is 2.25 bits per heavy atom. The molecule has 0 amide bonds. The normalized spacial score (nSPS) is 19.0. The second-order valence-corrected chi connectivity index (χ2v) is 4.89. The Balaban J connectivity index is 2.45. The number of nitrogens with zero attached hydrogens (tertiary/aromatic N) is 2. The van der Waals surface area contributed by atoms with Crippen LogP contribution in [0, 0.1) is 11.3 Å². The van der Waals surface area contributed by atoms with Crippen LogP contribution in [0.15, 0.2) is 18.2 Å². The average molecular weight is 274 g/mol. The number of rotatable bonds is 3. The van der Waals surface area contributed by atoms with Crippen LogP contribution in [-0.4, -0.2) is 30.8 Å². The van der Waals surface area contributed by atoms with Gasteiger partial charge in [-0.3, -0.25) is 0 Å². The molecule has 1 aliphatic rings. The summed E-state index contributed by atoms with van der Waals surface area (Å²) in [4.78, 5) is 13.3. The lowest BCUT2D eigenvalue weighted by molar-refractivity contribution is -0.138. The molecule has 1 heterocycles. The van der Waals surface area contributed by atoms with E-state index in [1.54, 1.807) is 25.3 Å². The first-order valence-electron chi connectivity index (χ1n) is 6.75. The maximum absolute atomic E-state index is 11.5. The largest absolute Gasteiger partial charge is 0.497 e. The number of aliphatic carboxylic acids is 1. The summed E-state index contributed by atoms with van der Waals surface area (Å²) >= 11 is 0. The van der Waals surface area contributed by atoms with Gasteiger partial charge >= 0.3 is 5.97 Å². The first-order chi connectivity index (χ1) is 9.67. The van der Waals surface area contributed by atoms with Crippen LogP contribution in [0.2, 0.25) is 0 Å². The molecule has 0 aliphatic carbocycles. The fourth-order valence-electron chi connectivity index (χ4n) is 2.62. The lowest BCUT2D eigenvalue weighted by Crippen LogP contribution is -2.41. The lowest BCUT2D eigenvalue weighted by atomic mass is 10.1. The Morgan fingerprint density at radius 1 is 1.45 bits per heavy atom. The molecule has 20 heavy (non-hydrogen) atoms. The summed E-state index contributed by atoms with van der Waals surface area (Å²) in [5, 5.41) is 18.7. The zero-order valence-electron chi connectivity index (χ0n) is 11.5. The molecule has 5 nitrogen and oxygen atoms in total. The first-order valence-corrected chi connectivity index (χ1v) is 6.75. The van der Waals surface area contributed by atoms with Crippen LogP contribution in [-0.2, 0) is 4.79 Å². The van der Waals surface area contributed by atoms with E-state index in [1.807, 2.05) is 4.90 Å². The van der Waals surface area contributed by atoms with Gasteiger partial charge in [-0.05, 0) is 25.0 Å². The van der Waals surface area contributed by atoms with Crippen molar-refractivity contribution < 1.29 is 14.6 Å². The molecule has 0 bridgehead atoms. The van der Waals surface area contributed by atoms with Gasteiger partial charge in [0.25, 0.3) is 0 Å². The quantitative estimate of drug-likeness (QED) is 0.916. The minimum atomic E-state index is -0.835. The van der Waals surface area contributed by atoms with Crippen molar-refractivity contribution in [2.75, 3.05) is 18.6 Å². The number of anilines is 1. The molecule has 1 atom stereocenters. The van der Waals surface area contributed by atoms with Crippen molar-refractivity contribution in [1.82, 2.24) is 0 Å². The molecule has 1 unspecified atom stereocenters. The van der Waals surface area contributed by atoms with Crippen molar-refractivity contribution in [3.05, 3.63) is 23.8 Å². The molecule has 106 valence electrons. The summed E-state index contributed by atoms with van der Waals surface area (Å²) < 4.78 is 5.19. The second kappa shape index (κ2) is 6.29. The molecule has 2 rings (SSSR count). The van der Waals surface area contributed by atoms with Gasteiger partial charge in [-0.2, -0.15) is 5.26 Å². The molecule has 1 N–H and O–H groups in total. The predicted molar refractivity (Wildman–Crippen MR) is 74.9 cm³/mol. The third-order valence-electron chi connectivity index (χ3n) is 3.67. The zero-order valence-corrected chi connectivity index (χ0v) is 11.5. The smallest absolute Gasteiger partial charge is 0.326 e. The summed E-state index contributed by atoms with van der Waals surface area (Å²) in [6, 6.07) is 6.71. The van der Waals surface area contributed by atoms with Crippen molar-refractivity contribution in [2.45, 2.75) is 31.7 Å². The first kappa shape index (κ1) is 14.2. The number of ether oxygens (including phenoxy) is 1. The van der Waals surface area contributed by atoms with E-state index in [4.69, 9.17) is 4.74 Å². The van der Waals surface area contributed by atoms with E-state index >= 15 is 0 Å². The molecule has 1 aromatic rings. The molecule has 0 aromatic heterocycles. The number of nitriles is 1. The lowest BCUT2D eigenvalue weighted by Gasteiger charge is -2.30. The van der Waals surface area contributed by atoms with Crippen molar-refractivity contribution in [3.8, 4) is 11.8 Å². The van der Waals surface area contributed by atoms with Gasteiger partial charge in [-0.25, -0.2) is 4.79 Å². The number of hydrogen-bond acceptors (Lipinski definition) is 4. The van der Waals surface area contributed by atoms with E-state index in [-0.39, 0.29) is 0 Å². The van der Waals surface area contributed by atoms with Crippen LogP contribution >= 0.6 is 0 Å². The van der Waals surface area contributed by atoms with Gasteiger partial charge in [0.15, 0.2) is 0 Å². The van der Waals surface area contributed by atoms with Gasteiger partial charge in [0.1, 0.15) is 17.9 Å². The van der Waals surface area contributed by atoms with Gasteiger partial charge in [-0.15, -0.1) is 0 Å². The molecule has 1 aromatic carbocycles.